The highest BCUT2D eigenvalue weighted by molar-refractivity contribution is 5.88. The Kier molecular flexibility index (Phi) is 7.30. The highest BCUT2D eigenvalue weighted by atomic mass is 16.5. The summed E-state index contributed by atoms with van der Waals surface area (Å²) in [5.41, 5.74) is 0.825. The molecular formula is C20H30N2O4. The lowest BCUT2D eigenvalue weighted by Crippen LogP contribution is -2.47. The Balaban J connectivity index is 1.96. The summed E-state index contributed by atoms with van der Waals surface area (Å²) >= 11 is 0. The third-order valence-corrected chi connectivity index (χ3v) is 4.99. The van der Waals surface area contributed by atoms with Gasteiger partial charge in [-0.3, -0.25) is 9.59 Å². The van der Waals surface area contributed by atoms with E-state index in [1.54, 1.807) is 21.1 Å². The molecule has 0 radical (unpaired) electrons. The summed E-state index contributed by atoms with van der Waals surface area (Å²) in [6.07, 6.45) is 5.20. The Hall–Kier alpha value is -2.24. The molecule has 0 bridgehead atoms. The summed E-state index contributed by atoms with van der Waals surface area (Å²) in [5, 5.41) is 5.79. The number of hydrogen-bond acceptors (Lipinski definition) is 4. The van der Waals surface area contributed by atoms with Gasteiger partial charge in [-0.05, 0) is 44.9 Å². The molecule has 0 aromatic heterocycles. The molecule has 2 rings (SSSR count). The van der Waals surface area contributed by atoms with Crippen molar-refractivity contribution in [3.8, 4) is 11.5 Å². The fourth-order valence-electron chi connectivity index (χ4n) is 3.36. The van der Waals surface area contributed by atoms with Crippen LogP contribution in [0.2, 0.25) is 0 Å². The molecule has 2 atom stereocenters. The second-order valence-electron chi connectivity index (χ2n) is 6.90. The predicted molar refractivity (Wildman–Crippen MR) is 100 cm³/mol. The van der Waals surface area contributed by atoms with Crippen LogP contribution in [0.1, 0.15) is 57.6 Å². The van der Waals surface area contributed by atoms with Crippen LogP contribution < -0.4 is 20.1 Å². The van der Waals surface area contributed by atoms with E-state index < -0.39 is 6.04 Å². The van der Waals surface area contributed by atoms with Gasteiger partial charge in [-0.25, -0.2) is 0 Å². The molecule has 0 heterocycles. The van der Waals surface area contributed by atoms with Gasteiger partial charge in [0.15, 0.2) is 0 Å². The fourth-order valence-corrected chi connectivity index (χ4v) is 3.36. The average Bonchev–Trinajstić information content (AvgIpc) is 2.67. The van der Waals surface area contributed by atoms with Crippen LogP contribution in [0.25, 0.3) is 0 Å². The van der Waals surface area contributed by atoms with Crippen molar-refractivity contribution in [3.63, 3.8) is 0 Å². The van der Waals surface area contributed by atoms with Gasteiger partial charge in [0.05, 0.1) is 20.3 Å². The molecule has 6 nitrogen and oxygen atoms in total. The maximum Gasteiger partial charge on any atom is 0.242 e. The van der Waals surface area contributed by atoms with Crippen molar-refractivity contribution < 1.29 is 19.1 Å². The van der Waals surface area contributed by atoms with E-state index in [2.05, 4.69) is 10.6 Å². The van der Waals surface area contributed by atoms with E-state index in [1.807, 2.05) is 25.1 Å². The molecule has 26 heavy (non-hydrogen) atoms. The van der Waals surface area contributed by atoms with Crippen molar-refractivity contribution >= 4 is 11.8 Å². The van der Waals surface area contributed by atoms with Gasteiger partial charge in [-0.15, -0.1) is 0 Å². The molecule has 2 N–H and O–H groups in total. The van der Waals surface area contributed by atoms with Crippen LogP contribution in [0, 0.1) is 5.92 Å². The van der Waals surface area contributed by atoms with Gasteiger partial charge in [-0.2, -0.15) is 0 Å². The third kappa shape index (κ3) is 5.13. The first-order valence-corrected chi connectivity index (χ1v) is 9.29. The molecular weight excluding hydrogens is 332 g/mol. The lowest BCUT2D eigenvalue weighted by atomic mass is 9.88. The maximum absolute atomic E-state index is 12.5. The van der Waals surface area contributed by atoms with Crippen molar-refractivity contribution in [3.05, 3.63) is 23.8 Å². The van der Waals surface area contributed by atoms with E-state index in [4.69, 9.17) is 9.47 Å². The van der Waals surface area contributed by atoms with E-state index in [1.165, 1.54) is 6.42 Å². The smallest absolute Gasteiger partial charge is 0.242 e. The molecule has 1 aliphatic carbocycles. The first-order valence-electron chi connectivity index (χ1n) is 9.29. The number of nitrogens with one attached hydrogen (secondary N) is 2. The zero-order valence-corrected chi connectivity index (χ0v) is 16.1. The minimum atomic E-state index is -0.580. The summed E-state index contributed by atoms with van der Waals surface area (Å²) in [7, 11) is 3.19. The Morgan fingerprint density at radius 2 is 1.73 bits per heavy atom. The maximum atomic E-state index is 12.5. The molecule has 0 aliphatic heterocycles. The number of methoxy groups -OCH3 is 2. The lowest BCUT2D eigenvalue weighted by molar-refractivity contribution is -0.131. The Morgan fingerprint density at radius 3 is 2.35 bits per heavy atom. The van der Waals surface area contributed by atoms with Crippen LogP contribution in [-0.2, 0) is 9.59 Å². The zero-order valence-electron chi connectivity index (χ0n) is 16.1. The lowest BCUT2D eigenvalue weighted by Gasteiger charge is -2.24. The van der Waals surface area contributed by atoms with Gasteiger partial charge in [-0.1, -0.05) is 19.3 Å². The molecule has 6 heteroatoms. The van der Waals surface area contributed by atoms with Gasteiger partial charge in [0.1, 0.15) is 17.5 Å². The van der Waals surface area contributed by atoms with Crippen LogP contribution in [0.4, 0.5) is 0 Å². The van der Waals surface area contributed by atoms with E-state index in [-0.39, 0.29) is 23.8 Å². The molecule has 144 valence electrons. The Bertz CT molecular complexity index is 626. The van der Waals surface area contributed by atoms with Crippen molar-refractivity contribution in [1.29, 1.82) is 0 Å². The standard InChI is InChI=1S/C20H30N2O4/c1-13(17-12-16(25-3)10-11-18(17)26-4)21-19(23)14(2)22-20(24)15-8-6-5-7-9-15/h10-15H,5-9H2,1-4H3,(H,21,23)(H,22,24)/t13-,14-/m1/s1. The quantitative estimate of drug-likeness (QED) is 0.782. The van der Waals surface area contributed by atoms with Gasteiger partial charge in [0.25, 0.3) is 0 Å². The molecule has 2 amide bonds. The number of amides is 2. The minimum Gasteiger partial charge on any atom is -0.497 e. The van der Waals surface area contributed by atoms with Crippen molar-refractivity contribution in [2.45, 2.75) is 58.0 Å². The van der Waals surface area contributed by atoms with Gasteiger partial charge in [0.2, 0.25) is 11.8 Å². The number of ether oxygens (including phenoxy) is 2. The van der Waals surface area contributed by atoms with Crippen LogP contribution in [0.15, 0.2) is 18.2 Å². The summed E-state index contributed by atoms with van der Waals surface area (Å²) < 4.78 is 10.6. The van der Waals surface area contributed by atoms with E-state index in [0.29, 0.717) is 11.5 Å². The monoisotopic (exact) mass is 362 g/mol. The largest absolute Gasteiger partial charge is 0.497 e. The molecule has 0 saturated heterocycles. The highest BCUT2D eigenvalue weighted by Crippen LogP contribution is 2.29. The van der Waals surface area contributed by atoms with Crippen LogP contribution in [0.3, 0.4) is 0 Å². The van der Waals surface area contributed by atoms with Gasteiger partial charge >= 0.3 is 0 Å². The number of carbonyl (C=O) groups is 2. The summed E-state index contributed by atoms with van der Waals surface area (Å²) in [6.45, 7) is 3.59. The molecule has 1 aromatic carbocycles. The number of hydrogen-bond donors (Lipinski definition) is 2. The Morgan fingerprint density at radius 1 is 1.04 bits per heavy atom. The predicted octanol–water partition coefficient (Wildman–Crippen LogP) is 2.97. The van der Waals surface area contributed by atoms with Crippen LogP contribution in [-0.4, -0.2) is 32.1 Å². The highest BCUT2D eigenvalue weighted by Gasteiger charge is 2.25. The SMILES string of the molecule is COc1ccc(OC)c([C@@H](C)NC(=O)[C@@H](C)NC(=O)C2CCCCC2)c1. The fraction of sp³-hybridized carbons (Fsp3) is 0.600. The van der Waals surface area contributed by atoms with Gasteiger partial charge < -0.3 is 20.1 Å². The topological polar surface area (TPSA) is 76.7 Å². The first-order chi connectivity index (χ1) is 12.5. The molecule has 0 spiro atoms. The van der Waals surface area contributed by atoms with E-state index in [9.17, 15) is 9.59 Å². The molecule has 0 unspecified atom stereocenters. The van der Waals surface area contributed by atoms with Crippen molar-refractivity contribution in [2.24, 2.45) is 5.92 Å². The van der Waals surface area contributed by atoms with Crippen LogP contribution in [0.5, 0.6) is 11.5 Å². The summed E-state index contributed by atoms with van der Waals surface area (Å²) in [5.74, 6) is 1.18. The number of benzene rings is 1. The normalized spacial score (nSPS) is 17.1. The Labute approximate surface area is 155 Å². The van der Waals surface area contributed by atoms with Crippen LogP contribution >= 0.6 is 0 Å². The van der Waals surface area contributed by atoms with E-state index >= 15 is 0 Å². The molecule has 1 fully saturated rings. The molecule has 1 aromatic rings. The molecule has 1 aliphatic rings. The summed E-state index contributed by atoms with van der Waals surface area (Å²) in [4.78, 5) is 24.8. The summed E-state index contributed by atoms with van der Waals surface area (Å²) in [6, 6.07) is 4.61. The minimum absolute atomic E-state index is 0.0148. The second-order valence-corrected chi connectivity index (χ2v) is 6.90. The average molecular weight is 362 g/mol. The van der Waals surface area contributed by atoms with Gasteiger partial charge in [0, 0.05) is 11.5 Å². The number of rotatable bonds is 7. The number of carbonyl (C=O) groups excluding carboxylic acids is 2. The van der Waals surface area contributed by atoms with Crippen molar-refractivity contribution in [2.75, 3.05) is 14.2 Å². The zero-order chi connectivity index (χ0) is 19.1. The first kappa shape index (κ1) is 20.1. The second kappa shape index (κ2) is 9.46. The third-order valence-electron chi connectivity index (χ3n) is 4.99. The molecule has 1 saturated carbocycles. The van der Waals surface area contributed by atoms with E-state index in [0.717, 1.165) is 31.2 Å². The van der Waals surface area contributed by atoms with Crippen molar-refractivity contribution in [1.82, 2.24) is 10.6 Å².